The number of carbonyl (C=O) groups is 1. The second-order valence-corrected chi connectivity index (χ2v) is 8.63. The third-order valence-electron chi connectivity index (χ3n) is 4.24. The fourth-order valence-electron chi connectivity index (χ4n) is 2.82. The number of hydrogen-bond acceptors (Lipinski definition) is 5. The van der Waals surface area contributed by atoms with Gasteiger partial charge in [0, 0.05) is 24.9 Å². The Kier molecular flexibility index (Phi) is 6.61. The van der Waals surface area contributed by atoms with Gasteiger partial charge in [-0.15, -0.1) is 0 Å². The summed E-state index contributed by atoms with van der Waals surface area (Å²) in [6.07, 6.45) is 7.19. The maximum atomic E-state index is 12.6. The molecule has 1 aliphatic rings. The average molecular weight is 420 g/mol. The van der Waals surface area contributed by atoms with Gasteiger partial charge < -0.3 is 9.73 Å². The van der Waals surface area contributed by atoms with Crippen molar-refractivity contribution in [2.24, 2.45) is 0 Å². The standard InChI is InChI=1S/C19H21N3O4S2/c23-18(11-8-16-5-4-14-26-16)21-19(27)20-15-6-9-17(10-7-15)28(24,25)22-12-2-1-3-13-22/h4-11,14H,1-3,12-13H2,(H2,20,21,23,27)/b11-8+. The minimum Gasteiger partial charge on any atom is -0.465 e. The van der Waals surface area contributed by atoms with Crippen molar-refractivity contribution in [1.82, 2.24) is 9.62 Å². The maximum Gasteiger partial charge on any atom is 0.250 e. The molecule has 1 aromatic carbocycles. The molecule has 9 heteroatoms. The first kappa shape index (κ1) is 20.2. The van der Waals surface area contributed by atoms with Crippen LogP contribution in [0.2, 0.25) is 0 Å². The summed E-state index contributed by atoms with van der Waals surface area (Å²) in [5.41, 5.74) is 0.581. The van der Waals surface area contributed by atoms with Crippen LogP contribution in [0.15, 0.2) is 58.1 Å². The first-order valence-corrected chi connectivity index (χ1v) is 10.7. The molecule has 2 N–H and O–H groups in total. The summed E-state index contributed by atoms with van der Waals surface area (Å²) in [6, 6.07) is 9.75. The van der Waals surface area contributed by atoms with E-state index in [4.69, 9.17) is 16.6 Å². The lowest BCUT2D eigenvalue weighted by Crippen LogP contribution is -2.35. The van der Waals surface area contributed by atoms with E-state index in [-0.39, 0.29) is 10.0 Å². The lowest BCUT2D eigenvalue weighted by atomic mass is 10.2. The fourth-order valence-corrected chi connectivity index (χ4v) is 4.56. The quantitative estimate of drug-likeness (QED) is 0.572. The third-order valence-corrected chi connectivity index (χ3v) is 6.36. The topological polar surface area (TPSA) is 91.6 Å². The van der Waals surface area contributed by atoms with Gasteiger partial charge >= 0.3 is 0 Å². The molecule has 3 rings (SSSR count). The van der Waals surface area contributed by atoms with E-state index < -0.39 is 15.9 Å². The van der Waals surface area contributed by atoms with Crippen LogP contribution in [0.1, 0.15) is 25.0 Å². The largest absolute Gasteiger partial charge is 0.465 e. The number of anilines is 1. The number of piperidine rings is 1. The van der Waals surface area contributed by atoms with Crippen LogP contribution in [0.4, 0.5) is 5.69 Å². The number of hydrogen-bond donors (Lipinski definition) is 2. The molecule has 1 aliphatic heterocycles. The van der Waals surface area contributed by atoms with Crippen molar-refractivity contribution >= 4 is 45.0 Å². The zero-order valence-electron chi connectivity index (χ0n) is 15.1. The number of nitrogens with zero attached hydrogens (tertiary/aromatic N) is 1. The van der Waals surface area contributed by atoms with Gasteiger partial charge in [-0.1, -0.05) is 6.42 Å². The van der Waals surface area contributed by atoms with Crippen molar-refractivity contribution in [2.75, 3.05) is 18.4 Å². The molecule has 0 spiro atoms. The Morgan fingerprint density at radius 1 is 1.11 bits per heavy atom. The second kappa shape index (κ2) is 9.13. The summed E-state index contributed by atoms with van der Waals surface area (Å²) in [5.74, 6) is 0.151. The van der Waals surface area contributed by atoms with Gasteiger partial charge in [-0.3, -0.25) is 10.1 Å². The molecule has 28 heavy (non-hydrogen) atoms. The van der Waals surface area contributed by atoms with Crippen LogP contribution in [0.5, 0.6) is 0 Å². The fraction of sp³-hybridized carbons (Fsp3) is 0.263. The minimum absolute atomic E-state index is 0.112. The summed E-state index contributed by atoms with van der Waals surface area (Å²) >= 11 is 5.11. The number of nitrogens with one attached hydrogen (secondary N) is 2. The molecular weight excluding hydrogens is 398 g/mol. The SMILES string of the molecule is O=C(/C=C/c1ccco1)NC(=S)Nc1ccc(S(=O)(=O)N2CCCCC2)cc1. The smallest absolute Gasteiger partial charge is 0.250 e. The van der Waals surface area contributed by atoms with Crippen molar-refractivity contribution < 1.29 is 17.6 Å². The molecule has 1 fully saturated rings. The molecule has 0 bridgehead atoms. The number of sulfonamides is 1. The molecule has 1 saturated heterocycles. The molecular formula is C19H21N3O4S2. The van der Waals surface area contributed by atoms with E-state index in [1.54, 1.807) is 24.3 Å². The van der Waals surface area contributed by atoms with Crippen molar-refractivity contribution in [1.29, 1.82) is 0 Å². The first-order chi connectivity index (χ1) is 13.4. The van der Waals surface area contributed by atoms with Gasteiger partial charge in [0.25, 0.3) is 0 Å². The van der Waals surface area contributed by atoms with Crippen molar-refractivity contribution in [2.45, 2.75) is 24.2 Å². The van der Waals surface area contributed by atoms with Crippen LogP contribution in [0.25, 0.3) is 6.08 Å². The maximum absolute atomic E-state index is 12.6. The Labute approximate surface area is 169 Å². The first-order valence-electron chi connectivity index (χ1n) is 8.89. The molecule has 2 heterocycles. The van der Waals surface area contributed by atoms with E-state index in [0.29, 0.717) is 24.5 Å². The molecule has 7 nitrogen and oxygen atoms in total. The van der Waals surface area contributed by atoms with Crippen molar-refractivity contribution in [3.63, 3.8) is 0 Å². The summed E-state index contributed by atoms with van der Waals surface area (Å²) in [5, 5.41) is 5.48. The minimum atomic E-state index is -3.47. The predicted molar refractivity (Wildman–Crippen MR) is 111 cm³/mol. The Bertz CT molecular complexity index is 946. The lowest BCUT2D eigenvalue weighted by molar-refractivity contribution is -0.115. The zero-order valence-corrected chi connectivity index (χ0v) is 16.8. The van der Waals surface area contributed by atoms with Crippen LogP contribution >= 0.6 is 12.2 Å². The average Bonchev–Trinajstić information content (AvgIpc) is 3.21. The number of thiocarbonyl (C=S) groups is 1. The molecule has 2 aromatic rings. The molecule has 0 unspecified atom stereocenters. The van der Waals surface area contributed by atoms with Crippen molar-refractivity contribution in [3.8, 4) is 0 Å². The normalized spacial score (nSPS) is 15.4. The Balaban J connectivity index is 1.56. The zero-order chi connectivity index (χ0) is 20.0. The van der Waals surface area contributed by atoms with Crippen molar-refractivity contribution in [3.05, 3.63) is 54.5 Å². The molecule has 1 amide bonds. The molecule has 148 valence electrons. The Hall–Kier alpha value is -2.49. The lowest BCUT2D eigenvalue weighted by Gasteiger charge is -2.25. The molecule has 0 radical (unpaired) electrons. The molecule has 0 saturated carbocycles. The van der Waals surface area contributed by atoms with E-state index >= 15 is 0 Å². The second-order valence-electron chi connectivity index (χ2n) is 6.28. The van der Waals surface area contributed by atoms with Gasteiger partial charge in [-0.25, -0.2) is 8.42 Å². The van der Waals surface area contributed by atoms with Gasteiger partial charge in [0.05, 0.1) is 11.2 Å². The van der Waals surface area contributed by atoms with E-state index in [1.807, 2.05) is 0 Å². The van der Waals surface area contributed by atoms with Gasteiger partial charge in [0.2, 0.25) is 15.9 Å². The highest BCUT2D eigenvalue weighted by atomic mass is 32.2. The monoisotopic (exact) mass is 419 g/mol. The van der Waals surface area contributed by atoms with Gasteiger partial charge in [-0.05, 0) is 67.5 Å². The third kappa shape index (κ3) is 5.28. The molecule has 0 aliphatic carbocycles. The number of rotatable bonds is 5. The summed E-state index contributed by atoms with van der Waals surface area (Å²) in [6.45, 7) is 1.12. The van der Waals surface area contributed by atoms with E-state index in [9.17, 15) is 13.2 Å². The van der Waals surface area contributed by atoms with E-state index in [0.717, 1.165) is 19.3 Å². The highest BCUT2D eigenvalue weighted by Gasteiger charge is 2.25. The van der Waals surface area contributed by atoms with Crippen LogP contribution < -0.4 is 10.6 Å². The van der Waals surface area contributed by atoms with Gasteiger partial charge in [0.1, 0.15) is 5.76 Å². The highest BCUT2D eigenvalue weighted by molar-refractivity contribution is 7.89. The number of furan rings is 1. The van der Waals surface area contributed by atoms with Crippen LogP contribution in [0.3, 0.4) is 0 Å². The number of carbonyl (C=O) groups excluding carboxylic acids is 1. The van der Waals surface area contributed by atoms with Crippen LogP contribution in [-0.2, 0) is 14.8 Å². The van der Waals surface area contributed by atoms with Gasteiger partial charge in [-0.2, -0.15) is 4.31 Å². The van der Waals surface area contributed by atoms with E-state index in [2.05, 4.69) is 10.6 Å². The number of benzene rings is 1. The predicted octanol–water partition coefficient (Wildman–Crippen LogP) is 2.98. The number of amides is 1. The molecule has 1 aromatic heterocycles. The molecule has 0 atom stereocenters. The van der Waals surface area contributed by atoms with Gasteiger partial charge in [0.15, 0.2) is 5.11 Å². The Morgan fingerprint density at radius 3 is 2.46 bits per heavy atom. The summed E-state index contributed by atoms with van der Waals surface area (Å²) in [4.78, 5) is 12.1. The summed E-state index contributed by atoms with van der Waals surface area (Å²) < 4.78 is 31.9. The van der Waals surface area contributed by atoms with Crippen LogP contribution in [-0.4, -0.2) is 36.8 Å². The highest BCUT2D eigenvalue weighted by Crippen LogP contribution is 2.21. The van der Waals surface area contributed by atoms with E-state index in [1.165, 1.54) is 34.9 Å². The summed E-state index contributed by atoms with van der Waals surface area (Å²) in [7, 11) is -3.47. The Morgan fingerprint density at radius 2 is 1.82 bits per heavy atom. The van der Waals surface area contributed by atoms with Crippen LogP contribution in [0, 0.1) is 0 Å².